The summed E-state index contributed by atoms with van der Waals surface area (Å²) in [5.41, 5.74) is 1.11. The minimum Gasteiger partial charge on any atom is -0.486 e. The molecular formula is C15H16N2O3S. The van der Waals surface area contributed by atoms with E-state index in [2.05, 4.69) is 10.6 Å². The topological polar surface area (TPSA) is 59.6 Å². The Balaban J connectivity index is 1.48. The Bertz CT molecular complexity index is 613. The Kier molecular flexibility index (Phi) is 4.25. The molecule has 3 rings (SSSR count). The summed E-state index contributed by atoms with van der Waals surface area (Å²) in [6.45, 7) is 1.74. The van der Waals surface area contributed by atoms with Crippen LogP contribution >= 0.6 is 11.3 Å². The molecule has 0 saturated heterocycles. The van der Waals surface area contributed by atoms with E-state index in [1.165, 1.54) is 11.3 Å². The third-order valence-electron chi connectivity index (χ3n) is 3.06. The van der Waals surface area contributed by atoms with Gasteiger partial charge in [-0.25, -0.2) is 4.79 Å². The zero-order chi connectivity index (χ0) is 14.5. The van der Waals surface area contributed by atoms with Gasteiger partial charge in [-0.15, -0.1) is 11.3 Å². The van der Waals surface area contributed by atoms with Gasteiger partial charge < -0.3 is 14.8 Å². The van der Waals surface area contributed by atoms with Crippen LogP contribution in [0.4, 0.5) is 9.80 Å². The summed E-state index contributed by atoms with van der Waals surface area (Å²) >= 11 is 1.49. The molecule has 2 N–H and O–H groups in total. The number of rotatable bonds is 4. The van der Waals surface area contributed by atoms with Crippen LogP contribution in [0, 0.1) is 0 Å². The fraction of sp³-hybridized carbons (Fsp3) is 0.267. The van der Waals surface area contributed by atoms with Crippen molar-refractivity contribution in [2.45, 2.75) is 6.42 Å². The third kappa shape index (κ3) is 3.66. The first-order valence-electron chi connectivity index (χ1n) is 6.78. The SMILES string of the molecule is O=C(NCCc1ccc2c(c1)OCCO2)Nc1cccs1. The van der Waals surface area contributed by atoms with Crippen LogP contribution in [0.1, 0.15) is 5.56 Å². The predicted octanol–water partition coefficient (Wildman–Crippen LogP) is 2.88. The highest BCUT2D eigenvalue weighted by Gasteiger charge is 2.11. The number of ether oxygens (including phenoxy) is 2. The van der Waals surface area contributed by atoms with Gasteiger partial charge in [-0.05, 0) is 41.6 Å². The van der Waals surface area contributed by atoms with Crippen LogP contribution in [0.3, 0.4) is 0 Å². The summed E-state index contributed by atoms with van der Waals surface area (Å²) in [7, 11) is 0. The molecule has 110 valence electrons. The van der Waals surface area contributed by atoms with Gasteiger partial charge in [0.25, 0.3) is 0 Å². The van der Waals surface area contributed by atoms with Crippen molar-refractivity contribution in [3.63, 3.8) is 0 Å². The molecule has 0 spiro atoms. The van der Waals surface area contributed by atoms with E-state index in [0.717, 1.165) is 28.5 Å². The van der Waals surface area contributed by atoms with Crippen molar-refractivity contribution in [3.8, 4) is 11.5 Å². The number of amides is 2. The van der Waals surface area contributed by atoms with Crippen molar-refractivity contribution in [2.75, 3.05) is 25.1 Å². The molecular weight excluding hydrogens is 288 g/mol. The lowest BCUT2D eigenvalue weighted by Gasteiger charge is -2.18. The number of benzene rings is 1. The van der Waals surface area contributed by atoms with Gasteiger partial charge in [-0.1, -0.05) is 6.07 Å². The molecule has 2 heterocycles. The highest BCUT2D eigenvalue weighted by molar-refractivity contribution is 7.14. The van der Waals surface area contributed by atoms with Gasteiger partial charge in [0, 0.05) is 6.54 Å². The van der Waals surface area contributed by atoms with Crippen molar-refractivity contribution in [1.82, 2.24) is 5.32 Å². The molecule has 2 amide bonds. The fourth-order valence-electron chi connectivity index (χ4n) is 2.07. The molecule has 21 heavy (non-hydrogen) atoms. The van der Waals surface area contributed by atoms with Crippen LogP contribution in [0.2, 0.25) is 0 Å². The van der Waals surface area contributed by atoms with Gasteiger partial charge in [0.2, 0.25) is 0 Å². The lowest BCUT2D eigenvalue weighted by Crippen LogP contribution is -2.30. The van der Waals surface area contributed by atoms with Crippen LogP contribution in [0.25, 0.3) is 0 Å². The second-order valence-corrected chi connectivity index (χ2v) is 5.53. The molecule has 5 nitrogen and oxygen atoms in total. The fourth-order valence-corrected chi connectivity index (χ4v) is 2.68. The largest absolute Gasteiger partial charge is 0.486 e. The standard InChI is InChI=1S/C15H16N2O3S/c18-15(17-14-2-1-9-21-14)16-6-5-11-3-4-12-13(10-11)20-8-7-19-12/h1-4,9-10H,5-8H2,(H2,16,17,18). The Morgan fingerprint density at radius 2 is 2.05 bits per heavy atom. The second kappa shape index (κ2) is 6.49. The van der Waals surface area contributed by atoms with E-state index in [0.29, 0.717) is 19.8 Å². The van der Waals surface area contributed by atoms with Crippen molar-refractivity contribution < 1.29 is 14.3 Å². The minimum absolute atomic E-state index is 0.185. The Labute approximate surface area is 126 Å². The zero-order valence-electron chi connectivity index (χ0n) is 11.4. The van der Waals surface area contributed by atoms with Gasteiger partial charge >= 0.3 is 6.03 Å². The summed E-state index contributed by atoms with van der Waals surface area (Å²) in [4.78, 5) is 11.7. The van der Waals surface area contributed by atoms with Crippen LogP contribution in [-0.2, 0) is 6.42 Å². The highest BCUT2D eigenvalue weighted by Crippen LogP contribution is 2.30. The number of hydrogen-bond donors (Lipinski definition) is 2. The first-order valence-corrected chi connectivity index (χ1v) is 7.66. The molecule has 0 aliphatic carbocycles. The normalized spacial score (nSPS) is 12.8. The summed E-state index contributed by atoms with van der Waals surface area (Å²) in [6, 6.07) is 9.45. The van der Waals surface area contributed by atoms with Crippen molar-refractivity contribution in [1.29, 1.82) is 0 Å². The molecule has 0 unspecified atom stereocenters. The smallest absolute Gasteiger partial charge is 0.319 e. The van der Waals surface area contributed by atoms with Gasteiger partial charge in [-0.2, -0.15) is 0 Å². The Morgan fingerprint density at radius 1 is 1.19 bits per heavy atom. The summed E-state index contributed by atoms with van der Waals surface area (Å²) in [5.74, 6) is 1.56. The molecule has 1 aliphatic rings. The zero-order valence-corrected chi connectivity index (χ0v) is 12.2. The maximum Gasteiger partial charge on any atom is 0.319 e. The van der Waals surface area contributed by atoms with E-state index < -0.39 is 0 Å². The van der Waals surface area contributed by atoms with E-state index >= 15 is 0 Å². The number of fused-ring (bicyclic) bond motifs is 1. The van der Waals surface area contributed by atoms with Crippen molar-refractivity contribution >= 4 is 22.4 Å². The van der Waals surface area contributed by atoms with E-state index in [4.69, 9.17) is 9.47 Å². The molecule has 0 radical (unpaired) electrons. The maximum atomic E-state index is 11.7. The lowest BCUT2D eigenvalue weighted by molar-refractivity contribution is 0.171. The van der Waals surface area contributed by atoms with Crippen LogP contribution in [0.15, 0.2) is 35.7 Å². The van der Waals surface area contributed by atoms with E-state index in [9.17, 15) is 4.79 Å². The van der Waals surface area contributed by atoms with Crippen molar-refractivity contribution in [3.05, 3.63) is 41.3 Å². The van der Waals surface area contributed by atoms with Gasteiger partial charge in [0.15, 0.2) is 11.5 Å². The number of nitrogens with one attached hydrogen (secondary N) is 2. The van der Waals surface area contributed by atoms with E-state index in [1.807, 2.05) is 35.7 Å². The highest BCUT2D eigenvalue weighted by atomic mass is 32.1. The molecule has 6 heteroatoms. The average Bonchev–Trinajstić information content (AvgIpc) is 3.00. The molecule has 2 aromatic rings. The van der Waals surface area contributed by atoms with Crippen molar-refractivity contribution in [2.24, 2.45) is 0 Å². The van der Waals surface area contributed by atoms with Gasteiger partial charge in [0.1, 0.15) is 13.2 Å². The quantitative estimate of drug-likeness (QED) is 0.913. The number of thiophene rings is 1. The minimum atomic E-state index is -0.185. The number of carbonyl (C=O) groups is 1. The summed E-state index contributed by atoms with van der Waals surface area (Å²) < 4.78 is 11.0. The van der Waals surface area contributed by atoms with E-state index in [-0.39, 0.29) is 6.03 Å². The van der Waals surface area contributed by atoms with Gasteiger partial charge in [0.05, 0.1) is 5.00 Å². The molecule has 0 atom stereocenters. The summed E-state index contributed by atoms with van der Waals surface area (Å²) in [5, 5.41) is 8.38. The second-order valence-electron chi connectivity index (χ2n) is 4.59. The lowest BCUT2D eigenvalue weighted by atomic mass is 10.1. The summed E-state index contributed by atoms with van der Waals surface area (Å²) in [6.07, 6.45) is 0.745. The first kappa shape index (κ1) is 13.8. The van der Waals surface area contributed by atoms with Crippen LogP contribution in [0.5, 0.6) is 11.5 Å². The number of anilines is 1. The molecule has 0 bridgehead atoms. The van der Waals surface area contributed by atoms with Crippen LogP contribution in [-0.4, -0.2) is 25.8 Å². The maximum absolute atomic E-state index is 11.7. The Morgan fingerprint density at radius 3 is 2.86 bits per heavy atom. The van der Waals surface area contributed by atoms with Crippen LogP contribution < -0.4 is 20.1 Å². The monoisotopic (exact) mass is 304 g/mol. The average molecular weight is 304 g/mol. The van der Waals surface area contributed by atoms with E-state index in [1.54, 1.807) is 0 Å². The first-order chi connectivity index (χ1) is 10.3. The molecule has 1 aromatic carbocycles. The van der Waals surface area contributed by atoms with Gasteiger partial charge in [-0.3, -0.25) is 5.32 Å². The number of urea groups is 1. The molecule has 0 fully saturated rings. The predicted molar refractivity (Wildman–Crippen MR) is 82.5 cm³/mol. The molecule has 1 aliphatic heterocycles. The molecule has 0 saturated carbocycles. The Hall–Kier alpha value is -2.21. The third-order valence-corrected chi connectivity index (χ3v) is 3.85. The molecule has 1 aromatic heterocycles. The number of carbonyl (C=O) groups excluding carboxylic acids is 1. The number of hydrogen-bond acceptors (Lipinski definition) is 4.